The summed E-state index contributed by atoms with van der Waals surface area (Å²) in [6, 6.07) is 22.7. The number of ether oxygens (including phenoxy) is 1. The van der Waals surface area contributed by atoms with Crippen molar-refractivity contribution in [1.82, 2.24) is 0 Å². The highest BCUT2D eigenvalue weighted by atomic mass is 32.2. The van der Waals surface area contributed by atoms with Crippen LogP contribution in [0.3, 0.4) is 0 Å². The fourth-order valence-electron chi connectivity index (χ4n) is 6.62. The molecule has 6 rings (SSSR count). The van der Waals surface area contributed by atoms with Gasteiger partial charge in [0.15, 0.2) is 6.54 Å². The van der Waals surface area contributed by atoms with E-state index < -0.39 is 30.7 Å². The molecule has 0 saturated carbocycles. The zero-order valence-electron chi connectivity index (χ0n) is 29.7. The van der Waals surface area contributed by atoms with Crippen molar-refractivity contribution in [3.8, 4) is 5.75 Å². The summed E-state index contributed by atoms with van der Waals surface area (Å²) >= 11 is 3.29. The van der Waals surface area contributed by atoms with Crippen LogP contribution in [-0.4, -0.2) is 49.6 Å². The molecule has 1 aromatic heterocycles. The molecular weight excluding hydrogens is 737 g/mol. The Labute approximate surface area is 315 Å². The van der Waals surface area contributed by atoms with Crippen molar-refractivity contribution in [3.63, 3.8) is 0 Å². The monoisotopic (exact) mass is 781 g/mol. The quantitative estimate of drug-likeness (QED) is 0.101. The van der Waals surface area contributed by atoms with Crippen LogP contribution in [0.2, 0.25) is 0 Å². The summed E-state index contributed by atoms with van der Waals surface area (Å²) in [4.78, 5) is 3.26. The fourth-order valence-corrected chi connectivity index (χ4v) is 9.72. The topological polar surface area (TPSA) is 125 Å². The Hall–Kier alpha value is -3.46. The molecule has 0 fully saturated rings. The highest BCUT2D eigenvalue weighted by Gasteiger charge is 2.30. The van der Waals surface area contributed by atoms with Gasteiger partial charge in [-0.05, 0) is 105 Å². The molecule has 0 amide bonds. The van der Waals surface area contributed by atoms with Crippen LogP contribution in [0.25, 0.3) is 16.3 Å². The van der Waals surface area contributed by atoms with Gasteiger partial charge >= 0.3 is 0 Å². The number of thiazole rings is 1. The molecular formula is C39H45N2O7S4+. The summed E-state index contributed by atoms with van der Waals surface area (Å²) in [5, 5.41) is 0.164. The van der Waals surface area contributed by atoms with Crippen LogP contribution in [0.5, 0.6) is 5.75 Å². The van der Waals surface area contributed by atoms with Crippen LogP contribution in [0.1, 0.15) is 68.5 Å². The van der Waals surface area contributed by atoms with Crippen molar-refractivity contribution < 1.29 is 35.2 Å². The normalized spacial score (nSPS) is 19.2. The van der Waals surface area contributed by atoms with Crippen LogP contribution in [0.4, 0.5) is 5.69 Å². The zero-order valence-corrected chi connectivity index (χ0v) is 33.0. The molecule has 2 heterocycles. The molecule has 1 aliphatic heterocycles. The van der Waals surface area contributed by atoms with Gasteiger partial charge < -0.3 is 9.64 Å². The first-order valence-corrected chi connectivity index (χ1v) is 22.1. The number of benzene rings is 3. The van der Waals surface area contributed by atoms with Gasteiger partial charge in [0.25, 0.3) is 25.2 Å². The maximum Gasteiger partial charge on any atom is 0.267 e. The summed E-state index contributed by atoms with van der Waals surface area (Å²) in [5.74, 6) is 0.945. The highest BCUT2D eigenvalue weighted by molar-refractivity contribution is 8.03. The molecule has 13 heteroatoms. The van der Waals surface area contributed by atoms with E-state index in [1.54, 1.807) is 23.1 Å². The third-order valence-corrected chi connectivity index (χ3v) is 14.4. The minimum absolute atomic E-state index is 0.209. The van der Waals surface area contributed by atoms with Gasteiger partial charge in [-0.3, -0.25) is 9.11 Å². The minimum Gasteiger partial charge on any atom is -0.494 e. The van der Waals surface area contributed by atoms with Crippen molar-refractivity contribution in [1.29, 1.82) is 0 Å². The van der Waals surface area contributed by atoms with Gasteiger partial charge in [-0.1, -0.05) is 65.6 Å². The van der Waals surface area contributed by atoms with Crippen LogP contribution in [0, 0.1) is 6.92 Å². The number of anilines is 1. The van der Waals surface area contributed by atoms with Crippen LogP contribution in [-0.2, 0) is 26.8 Å². The first kappa shape index (κ1) is 38.3. The summed E-state index contributed by atoms with van der Waals surface area (Å²) in [6.07, 6.45) is 8.78. The van der Waals surface area contributed by atoms with Crippen molar-refractivity contribution in [3.05, 3.63) is 111 Å². The lowest BCUT2D eigenvalue weighted by molar-refractivity contribution is -0.669. The standard InChI is InChI=1S/C39H44N2O7S4/c1-5-48-33-12-14-37-35(25-33)41(18-16-28(4)52(45,46)47)39(50-37)24-30-20-29(21-32(22-30)31-9-7-6-8-10-31)23-38-40(17-15-27(3)51(42,43)44)34-19-26(2)11-13-36(34)49-38/h6-14,19-20,23-25,27-28,32H,5,15-18,21-22H2,1-4H3,(H-,42,43,44,45,46,47)/p+1. The molecule has 0 spiro atoms. The zero-order chi connectivity index (χ0) is 37.2. The second kappa shape index (κ2) is 15.9. The SMILES string of the molecule is CCOc1ccc2sc(C=C3C=C(C=C4Sc5ccc(C)cc5N4CCC(C)S(=O)(=O)O)CC(c4ccccc4)C3)[n+](CCC(C)S(=O)(=O)O)c2c1. The predicted molar refractivity (Wildman–Crippen MR) is 211 cm³/mol. The Balaban J connectivity index is 1.42. The molecule has 0 saturated heterocycles. The number of nitrogens with zero attached hydrogens (tertiary/aromatic N) is 2. The van der Waals surface area contributed by atoms with E-state index in [1.807, 2.05) is 38.1 Å². The summed E-state index contributed by atoms with van der Waals surface area (Å²) in [7, 11) is -8.34. The number of aryl methyl sites for hydroxylation is 2. The molecule has 1 aliphatic carbocycles. The lowest BCUT2D eigenvalue weighted by Gasteiger charge is -2.26. The molecule has 3 atom stereocenters. The molecule has 9 nitrogen and oxygen atoms in total. The van der Waals surface area contributed by atoms with Gasteiger partial charge in [0, 0.05) is 23.9 Å². The van der Waals surface area contributed by atoms with E-state index in [4.69, 9.17) is 4.74 Å². The molecule has 2 N–H and O–H groups in total. The van der Waals surface area contributed by atoms with Crippen molar-refractivity contribution in [2.24, 2.45) is 0 Å². The van der Waals surface area contributed by atoms with E-state index in [0.717, 1.165) is 66.1 Å². The average Bonchev–Trinajstić information content (AvgIpc) is 3.61. The molecule has 0 bridgehead atoms. The first-order valence-electron chi connectivity index (χ1n) is 17.4. The fraction of sp³-hybridized carbons (Fsp3) is 0.359. The van der Waals surface area contributed by atoms with E-state index in [9.17, 15) is 25.9 Å². The first-order chi connectivity index (χ1) is 24.7. The number of hydrogen-bond donors (Lipinski definition) is 2. The predicted octanol–water partition coefficient (Wildman–Crippen LogP) is 8.57. The molecule has 3 aromatic carbocycles. The molecule has 52 heavy (non-hydrogen) atoms. The average molecular weight is 782 g/mol. The van der Waals surface area contributed by atoms with E-state index in [0.29, 0.717) is 19.7 Å². The van der Waals surface area contributed by atoms with Gasteiger partial charge in [-0.15, -0.1) is 0 Å². The van der Waals surface area contributed by atoms with Crippen molar-refractivity contribution >= 4 is 65.3 Å². The van der Waals surface area contributed by atoms with Crippen LogP contribution >= 0.6 is 23.1 Å². The number of hydrogen-bond acceptors (Lipinski definition) is 8. The maximum absolute atomic E-state index is 11.9. The third-order valence-electron chi connectivity index (χ3n) is 9.66. The highest BCUT2D eigenvalue weighted by Crippen LogP contribution is 2.48. The van der Waals surface area contributed by atoms with E-state index in [2.05, 4.69) is 70.2 Å². The van der Waals surface area contributed by atoms with Crippen LogP contribution in [0.15, 0.2) is 100.0 Å². The number of fused-ring (bicyclic) bond motifs is 2. The summed E-state index contributed by atoms with van der Waals surface area (Å²) < 4.78 is 76.0. The number of rotatable bonds is 13. The number of aromatic nitrogens is 1. The number of allylic oxidation sites excluding steroid dienone is 4. The van der Waals surface area contributed by atoms with Gasteiger partial charge in [0.05, 0.1) is 33.9 Å². The Bertz CT molecular complexity index is 2260. The minimum atomic E-state index is -4.18. The van der Waals surface area contributed by atoms with E-state index in [-0.39, 0.29) is 18.8 Å². The Morgan fingerprint density at radius 3 is 2.38 bits per heavy atom. The molecule has 4 aromatic rings. The summed E-state index contributed by atoms with van der Waals surface area (Å²) in [5.41, 5.74) is 6.58. The van der Waals surface area contributed by atoms with Gasteiger partial charge in [-0.25, -0.2) is 0 Å². The van der Waals surface area contributed by atoms with E-state index in [1.165, 1.54) is 19.4 Å². The van der Waals surface area contributed by atoms with Crippen molar-refractivity contribution in [2.45, 2.75) is 81.2 Å². The lowest BCUT2D eigenvalue weighted by atomic mass is 9.81. The number of thioether (sulfide) groups is 1. The maximum atomic E-state index is 11.9. The Morgan fingerprint density at radius 1 is 0.942 bits per heavy atom. The second-order valence-corrected chi connectivity index (χ2v) is 19.3. The van der Waals surface area contributed by atoms with Gasteiger partial charge in [-0.2, -0.15) is 21.4 Å². The Kier molecular flexibility index (Phi) is 11.7. The molecule has 276 valence electrons. The van der Waals surface area contributed by atoms with Gasteiger partial charge in [0.2, 0.25) is 5.52 Å². The third kappa shape index (κ3) is 9.00. The second-order valence-electron chi connectivity index (χ2n) is 13.5. The lowest BCUT2D eigenvalue weighted by Crippen LogP contribution is -2.37. The van der Waals surface area contributed by atoms with Crippen LogP contribution < -0.4 is 14.2 Å². The molecule has 0 radical (unpaired) electrons. The summed E-state index contributed by atoms with van der Waals surface area (Å²) in [6.45, 7) is 8.38. The molecule has 2 aliphatic rings. The smallest absolute Gasteiger partial charge is 0.267 e. The van der Waals surface area contributed by atoms with Crippen molar-refractivity contribution in [2.75, 3.05) is 18.1 Å². The Morgan fingerprint density at radius 2 is 1.67 bits per heavy atom. The largest absolute Gasteiger partial charge is 0.494 e. The van der Waals surface area contributed by atoms with Gasteiger partial charge in [0.1, 0.15) is 10.4 Å². The van der Waals surface area contributed by atoms with E-state index >= 15 is 0 Å². The molecule has 3 unspecified atom stereocenters.